The van der Waals surface area contributed by atoms with Crippen molar-refractivity contribution in [1.82, 2.24) is 0 Å². The molecule has 4 heteroatoms. The SMILES string of the molecule is CCCCCCCCCCCCCC(O)CO.CCCCCCCCCCCCCCCCC(O)CO. The van der Waals surface area contributed by atoms with Gasteiger partial charge in [0, 0.05) is 0 Å². The van der Waals surface area contributed by atoms with Gasteiger partial charge < -0.3 is 20.4 Å². The summed E-state index contributed by atoms with van der Waals surface area (Å²) in [6.07, 6.45) is 34.1. The molecule has 226 valence electrons. The monoisotopic (exact) mass is 531 g/mol. The molecule has 0 fully saturated rings. The van der Waals surface area contributed by atoms with E-state index in [1.54, 1.807) is 0 Å². The number of hydrogen-bond acceptors (Lipinski definition) is 4. The highest BCUT2D eigenvalue weighted by Gasteiger charge is 2.01. The van der Waals surface area contributed by atoms with Crippen LogP contribution >= 0.6 is 0 Å². The summed E-state index contributed by atoms with van der Waals surface area (Å²) < 4.78 is 0. The zero-order chi connectivity index (χ0) is 27.7. The Kier molecular flexibility index (Phi) is 37.8. The molecule has 4 N–H and O–H groups in total. The first-order valence-corrected chi connectivity index (χ1v) is 16.7. The Morgan fingerprint density at radius 3 is 0.703 bits per heavy atom. The van der Waals surface area contributed by atoms with Crippen LogP contribution in [0.2, 0.25) is 0 Å². The molecule has 2 atom stereocenters. The van der Waals surface area contributed by atoms with E-state index in [9.17, 15) is 5.11 Å². The average molecular weight is 531 g/mol. The molecular formula is C33H70O4. The fourth-order valence-electron chi connectivity index (χ4n) is 4.80. The standard InChI is InChI=1S/C18H38O2.C15H32O2/c1-2-3-4-5-6-7-8-9-10-11-12-13-14-15-16-18(20)17-19;1-2-3-4-5-6-7-8-9-10-11-12-13-15(17)14-16/h18-20H,2-17H2,1H3;15-17H,2-14H2,1H3. The quantitative estimate of drug-likeness (QED) is 0.0726. The second-order valence-electron chi connectivity index (χ2n) is 11.4. The van der Waals surface area contributed by atoms with E-state index in [1.807, 2.05) is 0 Å². The molecule has 0 amide bonds. The van der Waals surface area contributed by atoms with Crippen LogP contribution in [-0.4, -0.2) is 45.8 Å². The van der Waals surface area contributed by atoms with Gasteiger partial charge in [0.25, 0.3) is 0 Å². The van der Waals surface area contributed by atoms with Gasteiger partial charge in [-0.25, -0.2) is 0 Å². The minimum atomic E-state index is -0.493. The molecule has 0 aromatic carbocycles. The maximum atomic E-state index is 9.20. The van der Waals surface area contributed by atoms with Crippen molar-refractivity contribution in [3.05, 3.63) is 0 Å². The van der Waals surface area contributed by atoms with Crippen LogP contribution in [0.5, 0.6) is 0 Å². The fraction of sp³-hybridized carbons (Fsp3) is 1.00. The maximum absolute atomic E-state index is 9.20. The second-order valence-corrected chi connectivity index (χ2v) is 11.4. The summed E-state index contributed by atoms with van der Waals surface area (Å²) >= 11 is 0. The average Bonchev–Trinajstić information content (AvgIpc) is 2.91. The molecule has 37 heavy (non-hydrogen) atoms. The summed E-state index contributed by atoms with van der Waals surface area (Å²) in [5.74, 6) is 0. The molecular weight excluding hydrogens is 460 g/mol. The van der Waals surface area contributed by atoms with Crippen LogP contribution < -0.4 is 0 Å². The summed E-state index contributed by atoms with van der Waals surface area (Å²) in [5.41, 5.74) is 0. The Labute approximate surface area is 233 Å². The van der Waals surface area contributed by atoms with Gasteiger partial charge in [0.2, 0.25) is 0 Å². The first-order chi connectivity index (χ1) is 18.1. The molecule has 0 saturated carbocycles. The van der Waals surface area contributed by atoms with Crippen molar-refractivity contribution in [1.29, 1.82) is 0 Å². The van der Waals surface area contributed by atoms with Crippen LogP contribution in [0.1, 0.15) is 187 Å². The molecule has 0 rings (SSSR count). The molecule has 0 aliphatic heterocycles. The van der Waals surface area contributed by atoms with E-state index in [0.29, 0.717) is 0 Å². The third-order valence-electron chi connectivity index (χ3n) is 7.45. The minimum Gasteiger partial charge on any atom is -0.394 e. The molecule has 0 saturated heterocycles. The molecule has 0 heterocycles. The van der Waals surface area contributed by atoms with Gasteiger partial charge in [0.15, 0.2) is 0 Å². The number of unbranched alkanes of at least 4 members (excludes halogenated alkanes) is 23. The summed E-state index contributed by atoms with van der Waals surface area (Å²) in [5, 5.41) is 35.7. The molecule has 0 radical (unpaired) electrons. The van der Waals surface area contributed by atoms with Gasteiger partial charge in [-0.1, -0.05) is 174 Å². The molecule has 4 nitrogen and oxygen atoms in total. The summed E-state index contributed by atoms with van der Waals surface area (Å²) in [7, 11) is 0. The lowest BCUT2D eigenvalue weighted by molar-refractivity contribution is 0.0859. The summed E-state index contributed by atoms with van der Waals surface area (Å²) in [4.78, 5) is 0. The lowest BCUT2D eigenvalue weighted by Crippen LogP contribution is -2.10. The highest BCUT2D eigenvalue weighted by molar-refractivity contribution is 4.55. The highest BCUT2D eigenvalue weighted by Crippen LogP contribution is 2.14. The van der Waals surface area contributed by atoms with Gasteiger partial charge in [-0.2, -0.15) is 0 Å². The van der Waals surface area contributed by atoms with E-state index in [4.69, 9.17) is 15.3 Å². The number of hydrogen-bond donors (Lipinski definition) is 4. The molecule has 0 aliphatic carbocycles. The van der Waals surface area contributed by atoms with Crippen molar-refractivity contribution >= 4 is 0 Å². The third kappa shape index (κ3) is 38.1. The molecule has 0 aromatic rings. The van der Waals surface area contributed by atoms with Gasteiger partial charge in [-0.3, -0.25) is 0 Å². The minimum absolute atomic E-state index is 0.0849. The van der Waals surface area contributed by atoms with Crippen molar-refractivity contribution in [2.75, 3.05) is 13.2 Å². The largest absolute Gasteiger partial charge is 0.394 e. The number of aliphatic hydroxyl groups excluding tert-OH is 4. The zero-order valence-corrected chi connectivity index (χ0v) is 25.4. The van der Waals surface area contributed by atoms with Crippen molar-refractivity contribution in [3.63, 3.8) is 0 Å². The van der Waals surface area contributed by atoms with E-state index in [0.717, 1.165) is 25.7 Å². The summed E-state index contributed by atoms with van der Waals surface area (Å²) in [6, 6.07) is 0. The number of aliphatic hydroxyl groups is 4. The lowest BCUT2D eigenvalue weighted by atomic mass is 10.0. The van der Waals surface area contributed by atoms with Gasteiger partial charge in [-0.15, -0.1) is 0 Å². The predicted molar refractivity (Wildman–Crippen MR) is 162 cm³/mol. The Bertz CT molecular complexity index is 377. The van der Waals surface area contributed by atoms with E-state index in [-0.39, 0.29) is 13.2 Å². The fourth-order valence-corrected chi connectivity index (χ4v) is 4.80. The predicted octanol–water partition coefficient (Wildman–Crippen LogP) is 9.25. The zero-order valence-electron chi connectivity index (χ0n) is 25.4. The molecule has 0 aliphatic rings. The van der Waals surface area contributed by atoms with Crippen molar-refractivity contribution in [2.45, 2.75) is 199 Å². The third-order valence-corrected chi connectivity index (χ3v) is 7.45. The normalized spacial score (nSPS) is 12.8. The number of rotatable bonds is 29. The van der Waals surface area contributed by atoms with Crippen LogP contribution in [-0.2, 0) is 0 Å². The van der Waals surface area contributed by atoms with Crippen molar-refractivity contribution in [3.8, 4) is 0 Å². The Balaban J connectivity index is 0. The smallest absolute Gasteiger partial charge is 0.0770 e. The van der Waals surface area contributed by atoms with Crippen LogP contribution in [0.3, 0.4) is 0 Å². The maximum Gasteiger partial charge on any atom is 0.0770 e. The lowest BCUT2D eigenvalue weighted by Gasteiger charge is -2.06. The van der Waals surface area contributed by atoms with E-state index < -0.39 is 12.2 Å². The van der Waals surface area contributed by atoms with Crippen LogP contribution in [0.4, 0.5) is 0 Å². The summed E-state index contributed by atoms with van der Waals surface area (Å²) in [6.45, 7) is 4.36. The van der Waals surface area contributed by atoms with Crippen LogP contribution in [0.25, 0.3) is 0 Å². The topological polar surface area (TPSA) is 80.9 Å². The van der Waals surface area contributed by atoms with E-state index in [2.05, 4.69) is 13.8 Å². The van der Waals surface area contributed by atoms with Crippen LogP contribution in [0.15, 0.2) is 0 Å². The Morgan fingerprint density at radius 2 is 0.514 bits per heavy atom. The van der Waals surface area contributed by atoms with Crippen LogP contribution in [0, 0.1) is 0 Å². The Morgan fingerprint density at radius 1 is 0.324 bits per heavy atom. The molecule has 2 unspecified atom stereocenters. The van der Waals surface area contributed by atoms with Gasteiger partial charge in [0.1, 0.15) is 0 Å². The van der Waals surface area contributed by atoms with Gasteiger partial charge >= 0.3 is 0 Å². The molecule has 0 aromatic heterocycles. The van der Waals surface area contributed by atoms with Gasteiger partial charge in [-0.05, 0) is 12.8 Å². The van der Waals surface area contributed by atoms with E-state index in [1.165, 1.54) is 148 Å². The highest BCUT2D eigenvalue weighted by atomic mass is 16.3. The second kappa shape index (κ2) is 35.8. The Hall–Kier alpha value is -0.160. The van der Waals surface area contributed by atoms with Gasteiger partial charge in [0.05, 0.1) is 25.4 Å². The molecule has 0 spiro atoms. The molecule has 0 bridgehead atoms. The van der Waals surface area contributed by atoms with Crippen molar-refractivity contribution in [2.24, 2.45) is 0 Å². The van der Waals surface area contributed by atoms with Crippen molar-refractivity contribution < 1.29 is 20.4 Å². The van der Waals surface area contributed by atoms with E-state index >= 15 is 0 Å². The first-order valence-electron chi connectivity index (χ1n) is 16.7. The first kappa shape index (κ1) is 39.0.